The Morgan fingerprint density at radius 2 is 1.76 bits per heavy atom. The maximum Gasteiger partial charge on any atom is 0.130 e. The lowest BCUT2D eigenvalue weighted by Gasteiger charge is -2.41. The molecule has 1 fully saturated rings. The van der Waals surface area contributed by atoms with Gasteiger partial charge >= 0.3 is 0 Å². The standard InChI is InChI=1S/C20H32O5/c1-10-5-15-16(19(15,3)4)12(8-21)7-13(9-22)18(24)20(25)14(10)6-11(2)17(20)23/h6-7,10,12,14-18,21-25H,5,8-9H2,1-4H3. The van der Waals surface area contributed by atoms with E-state index >= 15 is 0 Å². The molecule has 5 heteroatoms. The molecular formula is C20H32O5. The Bertz CT molecular complexity index is 595. The van der Waals surface area contributed by atoms with Gasteiger partial charge in [0, 0.05) is 18.4 Å². The van der Waals surface area contributed by atoms with Gasteiger partial charge in [-0.2, -0.15) is 0 Å². The molecule has 3 aliphatic carbocycles. The van der Waals surface area contributed by atoms with Crippen LogP contribution in [0.25, 0.3) is 0 Å². The minimum Gasteiger partial charge on any atom is -0.396 e. The summed E-state index contributed by atoms with van der Waals surface area (Å²) in [6.07, 6.45) is 1.93. The molecule has 3 rings (SSSR count). The Morgan fingerprint density at radius 3 is 2.32 bits per heavy atom. The van der Waals surface area contributed by atoms with Crippen molar-refractivity contribution in [1.29, 1.82) is 0 Å². The fraction of sp³-hybridized carbons (Fsp3) is 0.800. The minimum atomic E-state index is -1.75. The summed E-state index contributed by atoms with van der Waals surface area (Å²) in [7, 11) is 0. The number of rotatable bonds is 2. The summed E-state index contributed by atoms with van der Waals surface area (Å²) in [4.78, 5) is 0. The maximum absolute atomic E-state index is 11.3. The first-order valence-electron chi connectivity index (χ1n) is 9.29. The molecule has 8 atom stereocenters. The molecule has 0 saturated heterocycles. The third-order valence-electron chi connectivity index (χ3n) is 7.30. The second-order valence-electron chi connectivity index (χ2n) is 9.04. The third-order valence-corrected chi connectivity index (χ3v) is 7.30. The zero-order valence-electron chi connectivity index (χ0n) is 15.6. The largest absolute Gasteiger partial charge is 0.396 e. The quantitative estimate of drug-likeness (QED) is 0.475. The van der Waals surface area contributed by atoms with Gasteiger partial charge in [0.05, 0.1) is 6.61 Å². The van der Waals surface area contributed by atoms with Crippen LogP contribution in [0.2, 0.25) is 0 Å². The predicted molar refractivity (Wildman–Crippen MR) is 94.5 cm³/mol. The highest BCUT2D eigenvalue weighted by atomic mass is 16.4. The van der Waals surface area contributed by atoms with Crippen LogP contribution in [0.5, 0.6) is 0 Å². The van der Waals surface area contributed by atoms with Crippen molar-refractivity contribution in [2.75, 3.05) is 13.2 Å². The van der Waals surface area contributed by atoms with Crippen LogP contribution in [0, 0.1) is 35.0 Å². The van der Waals surface area contributed by atoms with Crippen molar-refractivity contribution in [2.45, 2.75) is 51.9 Å². The molecule has 0 spiro atoms. The Labute approximate surface area is 149 Å². The minimum absolute atomic E-state index is 0.0586. The molecule has 0 heterocycles. The van der Waals surface area contributed by atoms with E-state index in [-0.39, 0.29) is 41.3 Å². The molecule has 0 amide bonds. The Hall–Kier alpha value is -0.720. The lowest BCUT2D eigenvalue weighted by atomic mass is 9.71. The highest BCUT2D eigenvalue weighted by molar-refractivity contribution is 5.33. The van der Waals surface area contributed by atoms with Gasteiger partial charge in [-0.3, -0.25) is 0 Å². The van der Waals surface area contributed by atoms with Crippen molar-refractivity contribution >= 4 is 0 Å². The number of aliphatic hydroxyl groups excluding tert-OH is 4. The van der Waals surface area contributed by atoms with Crippen LogP contribution in [0.1, 0.15) is 34.1 Å². The van der Waals surface area contributed by atoms with Crippen LogP contribution < -0.4 is 0 Å². The molecule has 1 saturated carbocycles. The summed E-state index contributed by atoms with van der Waals surface area (Å²) in [5.41, 5.74) is -0.740. The molecular weight excluding hydrogens is 320 g/mol. The molecule has 25 heavy (non-hydrogen) atoms. The van der Waals surface area contributed by atoms with Gasteiger partial charge in [0.15, 0.2) is 0 Å². The molecule has 0 aliphatic heterocycles. The summed E-state index contributed by atoms with van der Waals surface area (Å²) in [5.74, 6) is 0.211. The zero-order valence-corrected chi connectivity index (χ0v) is 15.6. The fourth-order valence-electron chi connectivity index (χ4n) is 5.71. The van der Waals surface area contributed by atoms with Crippen molar-refractivity contribution < 1.29 is 25.5 Å². The average Bonchev–Trinajstić information content (AvgIpc) is 3.00. The van der Waals surface area contributed by atoms with Gasteiger partial charge in [0.2, 0.25) is 0 Å². The Kier molecular flexibility index (Phi) is 4.70. The van der Waals surface area contributed by atoms with E-state index in [1.165, 1.54) is 0 Å². The van der Waals surface area contributed by atoms with Gasteiger partial charge < -0.3 is 25.5 Å². The third kappa shape index (κ3) is 2.63. The van der Waals surface area contributed by atoms with Gasteiger partial charge in [-0.25, -0.2) is 0 Å². The van der Waals surface area contributed by atoms with Gasteiger partial charge in [0.1, 0.15) is 17.8 Å². The first-order valence-corrected chi connectivity index (χ1v) is 9.29. The highest BCUT2D eigenvalue weighted by Crippen LogP contribution is 2.65. The molecule has 0 aromatic carbocycles. The predicted octanol–water partition coefficient (Wildman–Crippen LogP) is 0.855. The second-order valence-corrected chi connectivity index (χ2v) is 9.04. The van der Waals surface area contributed by atoms with E-state index in [4.69, 9.17) is 0 Å². The molecule has 8 unspecified atom stereocenters. The van der Waals surface area contributed by atoms with Crippen molar-refractivity contribution in [3.05, 3.63) is 23.3 Å². The van der Waals surface area contributed by atoms with E-state index in [0.29, 0.717) is 11.5 Å². The van der Waals surface area contributed by atoms with E-state index in [0.717, 1.165) is 6.42 Å². The molecule has 142 valence electrons. The number of fused-ring (bicyclic) bond motifs is 2. The van der Waals surface area contributed by atoms with Crippen molar-refractivity contribution in [3.63, 3.8) is 0 Å². The first kappa shape index (κ1) is 19.1. The number of aliphatic hydroxyl groups is 5. The maximum atomic E-state index is 11.3. The molecule has 0 aromatic rings. The Morgan fingerprint density at radius 1 is 1.12 bits per heavy atom. The van der Waals surface area contributed by atoms with Crippen LogP contribution >= 0.6 is 0 Å². The smallest absolute Gasteiger partial charge is 0.130 e. The molecule has 3 aliphatic rings. The van der Waals surface area contributed by atoms with Crippen molar-refractivity contribution in [1.82, 2.24) is 0 Å². The monoisotopic (exact) mass is 352 g/mol. The van der Waals surface area contributed by atoms with Crippen molar-refractivity contribution in [2.24, 2.45) is 35.0 Å². The van der Waals surface area contributed by atoms with Crippen LogP contribution in [0.15, 0.2) is 23.3 Å². The Balaban J connectivity index is 2.09. The van der Waals surface area contributed by atoms with Crippen molar-refractivity contribution in [3.8, 4) is 0 Å². The molecule has 0 bridgehead atoms. The fourth-order valence-corrected chi connectivity index (χ4v) is 5.71. The van der Waals surface area contributed by atoms with Crippen LogP contribution in [-0.2, 0) is 0 Å². The lowest BCUT2D eigenvalue weighted by molar-refractivity contribution is -0.147. The van der Waals surface area contributed by atoms with E-state index in [9.17, 15) is 25.5 Å². The number of hydrogen-bond acceptors (Lipinski definition) is 5. The van der Waals surface area contributed by atoms with Gasteiger partial charge in [0.25, 0.3) is 0 Å². The van der Waals surface area contributed by atoms with Gasteiger partial charge in [-0.05, 0) is 47.7 Å². The molecule has 0 radical (unpaired) electrons. The van der Waals surface area contributed by atoms with E-state index < -0.39 is 24.4 Å². The van der Waals surface area contributed by atoms with Crippen LogP contribution in [0.4, 0.5) is 0 Å². The van der Waals surface area contributed by atoms with E-state index in [1.54, 1.807) is 13.0 Å². The SMILES string of the molecule is CC1=CC2C(C)CC3C(C(CO)C=C(CO)C(O)C2(O)C1O)C3(C)C. The first-order chi connectivity index (χ1) is 11.6. The zero-order chi connectivity index (χ0) is 18.7. The molecule has 5 nitrogen and oxygen atoms in total. The summed E-state index contributed by atoms with van der Waals surface area (Å²) in [6, 6.07) is 0. The summed E-state index contributed by atoms with van der Waals surface area (Å²) < 4.78 is 0. The van der Waals surface area contributed by atoms with Gasteiger partial charge in [-0.15, -0.1) is 0 Å². The molecule has 0 aromatic heterocycles. The highest BCUT2D eigenvalue weighted by Gasteiger charge is 2.63. The average molecular weight is 352 g/mol. The summed E-state index contributed by atoms with van der Waals surface area (Å²) in [6.45, 7) is 7.72. The van der Waals surface area contributed by atoms with Crippen LogP contribution in [0.3, 0.4) is 0 Å². The normalized spacial score (nSPS) is 48.9. The van der Waals surface area contributed by atoms with Gasteiger partial charge in [-0.1, -0.05) is 32.9 Å². The summed E-state index contributed by atoms with van der Waals surface area (Å²) >= 11 is 0. The number of hydrogen-bond donors (Lipinski definition) is 5. The van der Waals surface area contributed by atoms with Crippen LogP contribution in [-0.4, -0.2) is 56.6 Å². The summed E-state index contributed by atoms with van der Waals surface area (Å²) in [5, 5.41) is 52.5. The molecule has 5 N–H and O–H groups in total. The van der Waals surface area contributed by atoms with E-state index in [1.807, 2.05) is 13.0 Å². The lowest BCUT2D eigenvalue weighted by Crippen LogP contribution is -2.57. The van der Waals surface area contributed by atoms with E-state index in [2.05, 4.69) is 13.8 Å². The second kappa shape index (κ2) is 6.17. The topological polar surface area (TPSA) is 101 Å².